The van der Waals surface area contributed by atoms with Crippen LogP contribution in [0.15, 0.2) is 53.0 Å². The quantitative estimate of drug-likeness (QED) is 0.717. The van der Waals surface area contributed by atoms with Gasteiger partial charge < -0.3 is 9.47 Å². The van der Waals surface area contributed by atoms with Gasteiger partial charge in [0, 0.05) is 5.56 Å². The van der Waals surface area contributed by atoms with Crippen LogP contribution in [0.3, 0.4) is 0 Å². The summed E-state index contributed by atoms with van der Waals surface area (Å²) in [5.41, 5.74) is -1.26. The molecule has 126 valence electrons. The summed E-state index contributed by atoms with van der Waals surface area (Å²) in [6.45, 7) is 0.267. The van der Waals surface area contributed by atoms with Crippen LogP contribution in [-0.2, 0) is 21.6 Å². The number of para-hydroxylation sites is 1. The molecular formula is C18H15BrF2O3. The number of benzene rings is 2. The fourth-order valence-electron chi connectivity index (χ4n) is 2.68. The predicted octanol–water partition coefficient (Wildman–Crippen LogP) is 4.48. The fourth-order valence-corrected chi connectivity index (χ4v) is 3.16. The van der Waals surface area contributed by atoms with Crippen LogP contribution in [0.1, 0.15) is 18.1 Å². The van der Waals surface area contributed by atoms with Gasteiger partial charge >= 0.3 is 11.9 Å². The highest BCUT2D eigenvalue weighted by molar-refractivity contribution is 9.10. The number of fused-ring (bicyclic) bond motifs is 1. The van der Waals surface area contributed by atoms with E-state index in [0.29, 0.717) is 4.47 Å². The maximum absolute atomic E-state index is 14.6. The fraction of sp³-hybridized carbons (Fsp3) is 0.278. The van der Waals surface area contributed by atoms with Crippen molar-refractivity contribution >= 4 is 21.9 Å². The topological polar surface area (TPSA) is 35.5 Å². The van der Waals surface area contributed by atoms with E-state index in [2.05, 4.69) is 15.9 Å². The first-order valence-electron chi connectivity index (χ1n) is 7.37. The van der Waals surface area contributed by atoms with E-state index in [9.17, 15) is 13.6 Å². The SMILES string of the molecule is CC1(C(=O)OCc2ccccc2)c2cccc(Br)c2OCC1(F)F. The molecule has 2 aromatic carbocycles. The van der Waals surface area contributed by atoms with Crippen molar-refractivity contribution in [2.45, 2.75) is 24.9 Å². The van der Waals surface area contributed by atoms with E-state index in [0.717, 1.165) is 5.56 Å². The largest absolute Gasteiger partial charge is 0.486 e. The molecule has 6 heteroatoms. The number of carbonyl (C=O) groups excluding carboxylic acids is 1. The molecule has 1 aliphatic rings. The summed E-state index contributed by atoms with van der Waals surface area (Å²) in [4.78, 5) is 12.6. The first kappa shape index (κ1) is 16.9. The van der Waals surface area contributed by atoms with Gasteiger partial charge in [-0.25, -0.2) is 8.78 Å². The number of ether oxygens (including phenoxy) is 2. The first-order chi connectivity index (χ1) is 11.4. The highest BCUT2D eigenvalue weighted by Gasteiger charge is 2.62. The second-order valence-electron chi connectivity index (χ2n) is 5.80. The minimum Gasteiger partial charge on any atom is -0.486 e. The Bertz CT molecular complexity index is 764. The number of alkyl halides is 2. The molecule has 1 heterocycles. The highest BCUT2D eigenvalue weighted by atomic mass is 79.9. The van der Waals surface area contributed by atoms with Gasteiger partial charge in [-0.15, -0.1) is 0 Å². The third kappa shape index (κ3) is 2.69. The lowest BCUT2D eigenvalue weighted by molar-refractivity contribution is -0.177. The van der Waals surface area contributed by atoms with E-state index in [-0.39, 0.29) is 17.9 Å². The van der Waals surface area contributed by atoms with Crippen molar-refractivity contribution in [2.24, 2.45) is 0 Å². The number of rotatable bonds is 3. The van der Waals surface area contributed by atoms with E-state index < -0.39 is 23.9 Å². The minimum absolute atomic E-state index is 0.0600. The van der Waals surface area contributed by atoms with Gasteiger partial charge in [-0.05, 0) is 34.5 Å². The Morgan fingerprint density at radius 1 is 1.21 bits per heavy atom. The summed E-state index contributed by atoms with van der Waals surface area (Å²) < 4.78 is 40.1. The minimum atomic E-state index is -3.38. The van der Waals surface area contributed by atoms with Crippen molar-refractivity contribution < 1.29 is 23.0 Å². The zero-order chi connectivity index (χ0) is 17.4. The molecule has 0 amide bonds. The van der Waals surface area contributed by atoms with E-state index in [4.69, 9.17) is 9.47 Å². The van der Waals surface area contributed by atoms with Crippen LogP contribution in [0, 0.1) is 0 Å². The van der Waals surface area contributed by atoms with Gasteiger partial charge in [-0.2, -0.15) is 0 Å². The Kier molecular flexibility index (Phi) is 4.34. The van der Waals surface area contributed by atoms with Crippen molar-refractivity contribution in [2.75, 3.05) is 6.61 Å². The molecule has 0 N–H and O–H groups in total. The summed E-state index contributed by atoms with van der Waals surface area (Å²) in [7, 11) is 0. The third-order valence-corrected chi connectivity index (χ3v) is 4.88. The van der Waals surface area contributed by atoms with Gasteiger partial charge in [0.05, 0.1) is 4.47 Å². The number of carbonyl (C=O) groups is 1. The van der Waals surface area contributed by atoms with Crippen LogP contribution in [-0.4, -0.2) is 18.5 Å². The molecule has 0 radical (unpaired) electrons. The molecule has 1 aliphatic heterocycles. The molecule has 1 atom stereocenters. The Labute approximate surface area is 146 Å². The molecule has 0 aliphatic carbocycles. The molecular weight excluding hydrogens is 382 g/mol. The van der Waals surface area contributed by atoms with Gasteiger partial charge in [-0.1, -0.05) is 42.5 Å². The van der Waals surface area contributed by atoms with E-state index in [1.807, 2.05) is 6.07 Å². The van der Waals surface area contributed by atoms with Crippen LogP contribution in [0.25, 0.3) is 0 Å². The second-order valence-corrected chi connectivity index (χ2v) is 6.65. The summed E-state index contributed by atoms with van der Waals surface area (Å²) in [5.74, 6) is -4.10. The maximum Gasteiger partial charge on any atom is 0.323 e. The normalized spacial score (nSPS) is 21.5. The highest BCUT2D eigenvalue weighted by Crippen LogP contribution is 2.50. The molecule has 3 nitrogen and oxygen atoms in total. The van der Waals surface area contributed by atoms with Crippen molar-refractivity contribution in [3.8, 4) is 5.75 Å². The number of hydrogen-bond acceptors (Lipinski definition) is 3. The molecule has 0 saturated heterocycles. The molecule has 3 rings (SSSR count). The zero-order valence-corrected chi connectivity index (χ0v) is 14.5. The van der Waals surface area contributed by atoms with Gasteiger partial charge in [0.1, 0.15) is 12.4 Å². The lowest BCUT2D eigenvalue weighted by atomic mass is 9.75. The van der Waals surface area contributed by atoms with Crippen LogP contribution < -0.4 is 4.74 Å². The zero-order valence-electron chi connectivity index (χ0n) is 12.9. The lowest BCUT2D eigenvalue weighted by Gasteiger charge is -2.40. The Morgan fingerprint density at radius 2 is 1.92 bits per heavy atom. The van der Waals surface area contributed by atoms with Gasteiger partial charge in [0.25, 0.3) is 0 Å². The summed E-state index contributed by atoms with van der Waals surface area (Å²) in [5, 5.41) is 0. The van der Waals surface area contributed by atoms with Crippen LogP contribution in [0.4, 0.5) is 8.78 Å². The average Bonchev–Trinajstić information content (AvgIpc) is 2.57. The molecule has 0 saturated carbocycles. The number of esters is 1. The molecule has 0 fully saturated rings. The Morgan fingerprint density at radius 3 is 2.62 bits per heavy atom. The average molecular weight is 397 g/mol. The van der Waals surface area contributed by atoms with Gasteiger partial charge in [0.2, 0.25) is 0 Å². The predicted molar refractivity (Wildman–Crippen MR) is 88.2 cm³/mol. The third-order valence-electron chi connectivity index (χ3n) is 4.26. The van der Waals surface area contributed by atoms with E-state index >= 15 is 0 Å². The molecule has 1 unspecified atom stereocenters. The molecule has 0 spiro atoms. The van der Waals surface area contributed by atoms with Crippen molar-refractivity contribution in [1.29, 1.82) is 0 Å². The van der Waals surface area contributed by atoms with Crippen LogP contribution in [0.5, 0.6) is 5.75 Å². The molecule has 0 bridgehead atoms. The smallest absolute Gasteiger partial charge is 0.323 e. The Balaban J connectivity index is 1.94. The van der Waals surface area contributed by atoms with Crippen molar-refractivity contribution in [1.82, 2.24) is 0 Å². The lowest BCUT2D eigenvalue weighted by Crippen LogP contribution is -2.55. The molecule has 24 heavy (non-hydrogen) atoms. The van der Waals surface area contributed by atoms with Gasteiger partial charge in [0.15, 0.2) is 12.0 Å². The molecule has 2 aromatic rings. The standard InChI is InChI=1S/C18H15BrF2O3/c1-17(16(22)23-10-12-6-3-2-4-7-12)13-8-5-9-14(19)15(13)24-11-18(17,20)21/h2-9H,10-11H2,1H3. The van der Waals surface area contributed by atoms with Crippen LogP contribution in [0.2, 0.25) is 0 Å². The van der Waals surface area contributed by atoms with Crippen molar-refractivity contribution in [3.63, 3.8) is 0 Å². The van der Waals surface area contributed by atoms with Crippen LogP contribution >= 0.6 is 15.9 Å². The van der Waals surface area contributed by atoms with E-state index in [1.165, 1.54) is 13.0 Å². The number of halogens is 3. The summed E-state index contributed by atoms with van der Waals surface area (Å²) in [6.07, 6.45) is 0. The van der Waals surface area contributed by atoms with Gasteiger partial charge in [-0.3, -0.25) is 4.79 Å². The summed E-state index contributed by atoms with van der Waals surface area (Å²) in [6, 6.07) is 13.7. The Hall–Kier alpha value is -1.95. The van der Waals surface area contributed by atoms with E-state index in [1.54, 1.807) is 36.4 Å². The maximum atomic E-state index is 14.6. The monoisotopic (exact) mass is 396 g/mol. The molecule has 0 aromatic heterocycles. The second kappa shape index (κ2) is 6.16. The van der Waals surface area contributed by atoms with Crippen molar-refractivity contribution in [3.05, 3.63) is 64.1 Å². The first-order valence-corrected chi connectivity index (χ1v) is 8.16. The summed E-state index contributed by atoms with van der Waals surface area (Å²) >= 11 is 3.27. The number of hydrogen-bond donors (Lipinski definition) is 0.